The van der Waals surface area contributed by atoms with Crippen molar-refractivity contribution in [1.29, 1.82) is 0 Å². The van der Waals surface area contributed by atoms with Gasteiger partial charge >= 0.3 is 0 Å². The minimum Gasteiger partial charge on any atom is -0.289 e. The molecule has 0 fully saturated rings. The number of hydrogen-bond acceptors (Lipinski definition) is 1. The first-order chi connectivity index (χ1) is 5.79. The molecule has 0 atom stereocenters. The Morgan fingerprint density at radius 1 is 1.25 bits per heavy atom. The van der Waals surface area contributed by atoms with Crippen LogP contribution < -0.4 is 0 Å². The zero-order chi connectivity index (χ0) is 8.55. The Bertz CT molecular complexity index is 423. The molecule has 0 N–H and O–H groups in total. The van der Waals surface area contributed by atoms with E-state index in [2.05, 4.69) is 4.98 Å². The summed E-state index contributed by atoms with van der Waals surface area (Å²) in [5, 5.41) is 12.2. The Labute approximate surface area is 70.5 Å². The van der Waals surface area contributed by atoms with Crippen LogP contribution in [-0.4, -0.2) is 4.98 Å². The van der Waals surface area contributed by atoms with Crippen molar-refractivity contribution in [2.45, 2.75) is 6.92 Å². The van der Waals surface area contributed by atoms with Crippen molar-refractivity contribution in [2.24, 2.45) is 0 Å². The average Bonchev–Trinajstić information content (AvgIpc) is 2.12. The smallest absolute Gasteiger partial charge is 0.190 e. The lowest BCUT2D eigenvalue weighted by molar-refractivity contribution is 0.357. The second-order valence-corrected chi connectivity index (χ2v) is 2.78. The van der Waals surface area contributed by atoms with Crippen LogP contribution in [0.1, 0.15) is 5.56 Å². The van der Waals surface area contributed by atoms with Crippen LogP contribution in [0.2, 0.25) is 0 Å². The number of fused-ring (bicyclic) bond motifs is 1. The van der Waals surface area contributed by atoms with Crippen molar-refractivity contribution in [3.63, 3.8) is 0 Å². The van der Waals surface area contributed by atoms with Gasteiger partial charge in [0.2, 0.25) is 0 Å². The Kier molecular flexibility index (Phi) is 1.47. The highest BCUT2D eigenvalue weighted by Crippen LogP contribution is 2.26. The van der Waals surface area contributed by atoms with Crippen molar-refractivity contribution in [3.8, 4) is 5.75 Å². The van der Waals surface area contributed by atoms with Gasteiger partial charge in [-0.25, -0.2) is 0 Å². The fourth-order valence-electron chi connectivity index (χ4n) is 1.23. The van der Waals surface area contributed by atoms with Gasteiger partial charge in [0.1, 0.15) is 0 Å². The van der Waals surface area contributed by atoms with Crippen LogP contribution in [-0.2, 0) is 5.11 Å². The van der Waals surface area contributed by atoms with Gasteiger partial charge in [0.25, 0.3) is 0 Å². The van der Waals surface area contributed by atoms with Crippen LogP contribution in [0.5, 0.6) is 5.75 Å². The van der Waals surface area contributed by atoms with E-state index in [0.717, 1.165) is 11.1 Å². The third kappa shape index (κ3) is 0.925. The molecule has 1 aromatic carbocycles. The summed E-state index contributed by atoms with van der Waals surface area (Å²) in [6.45, 7) is 1.81. The number of benzene rings is 1. The van der Waals surface area contributed by atoms with Crippen molar-refractivity contribution < 1.29 is 5.11 Å². The molecule has 0 saturated carbocycles. The first kappa shape index (κ1) is 7.10. The van der Waals surface area contributed by atoms with Crippen LogP contribution in [0, 0.1) is 6.92 Å². The Balaban J connectivity index is 2.91. The van der Waals surface area contributed by atoms with Gasteiger partial charge in [0.05, 0.1) is 5.52 Å². The Morgan fingerprint density at radius 3 is 2.92 bits per heavy atom. The molecular formula is C10H8NO. The van der Waals surface area contributed by atoms with Crippen molar-refractivity contribution in [3.05, 3.63) is 36.0 Å². The summed E-state index contributed by atoms with van der Waals surface area (Å²) in [7, 11) is 0. The van der Waals surface area contributed by atoms with Gasteiger partial charge < -0.3 is 0 Å². The molecule has 1 radical (unpaired) electrons. The molecule has 2 heteroatoms. The van der Waals surface area contributed by atoms with Crippen LogP contribution in [0.25, 0.3) is 10.9 Å². The van der Waals surface area contributed by atoms with Gasteiger partial charge in [-0.3, -0.25) is 10.1 Å². The summed E-state index contributed by atoms with van der Waals surface area (Å²) < 4.78 is 0. The van der Waals surface area contributed by atoms with Crippen LogP contribution in [0.4, 0.5) is 0 Å². The van der Waals surface area contributed by atoms with E-state index in [1.807, 2.05) is 13.0 Å². The average molecular weight is 158 g/mol. The number of aryl methyl sites for hydroxylation is 1. The molecule has 1 heterocycles. The maximum atomic E-state index is 11.5. The molecule has 0 bridgehead atoms. The topological polar surface area (TPSA) is 32.8 Å². The molecule has 0 saturated heterocycles. The minimum atomic E-state index is 0.0839. The molecule has 12 heavy (non-hydrogen) atoms. The summed E-state index contributed by atoms with van der Waals surface area (Å²) in [6.07, 6.45) is 1.69. The summed E-state index contributed by atoms with van der Waals surface area (Å²) in [6, 6.07) is 7.25. The molecule has 2 rings (SSSR count). The van der Waals surface area contributed by atoms with E-state index in [0.29, 0.717) is 5.39 Å². The molecule has 0 unspecified atom stereocenters. The first-order valence-corrected chi connectivity index (χ1v) is 3.80. The van der Waals surface area contributed by atoms with E-state index in [1.165, 1.54) is 0 Å². The highest BCUT2D eigenvalue weighted by molar-refractivity contribution is 5.85. The molecule has 59 valence electrons. The number of hydrogen-bond donors (Lipinski definition) is 0. The van der Waals surface area contributed by atoms with Crippen LogP contribution in [0.15, 0.2) is 30.5 Å². The number of nitrogens with zero attached hydrogens (tertiary/aromatic N) is 1. The van der Waals surface area contributed by atoms with E-state index >= 15 is 0 Å². The third-order valence-corrected chi connectivity index (χ3v) is 1.93. The minimum absolute atomic E-state index is 0.0839. The monoisotopic (exact) mass is 158 g/mol. The molecule has 0 aliphatic heterocycles. The van der Waals surface area contributed by atoms with E-state index < -0.39 is 0 Å². The summed E-state index contributed by atoms with van der Waals surface area (Å²) >= 11 is 0. The maximum Gasteiger partial charge on any atom is 0.190 e. The summed E-state index contributed by atoms with van der Waals surface area (Å²) in [4.78, 5) is 4.08. The van der Waals surface area contributed by atoms with Gasteiger partial charge in [-0.15, -0.1) is 0 Å². The molecule has 0 amide bonds. The molecule has 2 nitrogen and oxygen atoms in total. The largest absolute Gasteiger partial charge is 0.289 e. The lowest BCUT2D eigenvalue weighted by atomic mass is 10.1. The predicted molar refractivity (Wildman–Crippen MR) is 46.6 cm³/mol. The Hall–Kier alpha value is -1.57. The van der Waals surface area contributed by atoms with Gasteiger partial charge in [-0.2, -0.15) is 0 Å². The lowest BCUT2D eigenvalue weighted by Crippen LogP contribution is -1.79. The zero-order valence-corrected chi connectivity index (χ0v) is 6.74. The highest BCUT2D eigenvalue weighted by Gasteiger charge is 2.03. The van der Waals surface area contributed by atoms with Gasteiger partial charge in [0.15, 0.2) is 5.75 Å². The van der Waals surface area contributed by atoms with Crippen molar-refractivity contribution in [1.82, 2.24) is 4.98 Å². The summed E-state index contributed by atoms with van der Waals surface area (Å²) in [5.41, 5.74) is 1.55. The second kappa shape index (κ2) is 2.48. The molecule has 0 spiro atoms. The Morgan fingerprint density at radius 2 is 2.08 bits per heavy atom. The van der Waals surface area contributed by atoms with Gasteiger partial charge in [0, 0.05) is 11.6 Å². The van der Waals surface area contributed by atoms with E-state index in [4.69, 9.17) is 0 Å². The molecule has 2 aromatic rings. The third-order valence-electron chi connectivity index (χ3n) is 1.93. The van der Waals surface area contributed by atoms with Crippen LogP contribution in [0.3, 0.4) is 0 Å². The van der Waals surface area contributed by atoms with Crippen LogP contribution >= 0.6 is 0 Å². The second-order valence-electron chi connectivity index (χ2n) is 2.78. The van der Waals surface area contributed by atoms with E-state index in [-0.39, 0.29) is 5.75 Å². The number of pyridine rings is 1. The van der Waals surface area contributed by atoms with Gasteiger partial charge in [-0.05, 0) is 30.7 Å². The number of aromatic nitrogens is 1. The highest BCUT2D eigenvalue weighted by atomic mass is 16.3. The quantitative estimate of drug-likeness (QED) is 0.580. The predicted octanol–water partition coefficient (Wildman–Crippen LogP) is 2.69. The van der Waals surface area contributed by atoms with Gasteiger partial charge in [-0.1, -0.05) is 6.07 Å². The van der Waals surface area contributed by atoms with E-state index in [1.54, 1.807) is 24.4 Å². The number of rotatable bonds is 0. The lowest BCUT2D eigenvalue weighted by Gasteiger charge is -1.99. The summed E-state index contributed by atoms with van der Waals surface area (Å²) in [5.74, 6) is 0.0839. The molecule has 1 aromatic heterocycles. The normalized spacial score (nSPS) is 10.4. The first-order valence-electron chi connectivity index (χ1n) is 3.80. The zero-order valence-electron chi connectivity index (χ0n) is 6.74. The standard InChI is InChI=1S/C10H8NO/c1-7-4-5-9-8(10(7)12)3-2-6-11-9/h2-6H,1H3. The molecule has 0 aliphatic rings. The SMILES string of the molecule is Cc1ccc2ncccc2c1[O]. The van der Waals surface area contributed by atoms with E-state index in [9.17, 15) is 5.11 Å². The maximum absolute atomic E-state index is 11.5. The van der Waals surface area contributed by atoms with Crippen molar-refractivity contribution >= 4 is 10.9 Å². The molecule has 0 aliphatic carbocycles. The fourth-order valence-corrected chi connectivity index (χ4v) is 1.23. The fraction of sp³-hybridized carbons (Fsp3) is 0.100. The molecular weight excluding hydrogens is 150 g/mol. The van der Waals surface area contributed by atoms with Crippen molar-refractivity contribution in [2.75, 3.05) is 0 Å².